The van der Waals surface area contributed by atoms with E-state index in [1.165, 1.54) is 6.07 Å². The number of benzene rings is 1. The van der Waals surface area contributed by atoms with E-state index in [0.717, 1.165) is 0 Å². The van der Waals surface area contributed by atoms with Crippen LogP contribution in [0.2, 0.25) is 0 Å². The van der Waals surface area contributed by atoms with Crippen molar-refractivity contribution in [2.75, 3.05) is 18.5 Å². The second-order valence-corrected chi connectivity index (χ2v) is 6.00. The highest BCUT2D eigenvalue weighted by atomic mass is 19.3. The van der Waals surface area contributed by atoms with E-state index in [-0.39, 0.29) is 18.2 Å². The fourth-order valence-corrected chi connectivity index (χ4v) is 1.62. The summed E-state index contributed by atoms with van der Waals surface area (Å²) >= 11 is 0. The summed E-state index contributed by atoms with van der Waals surface area (Å²) in [7, 11) is 0. The largest absolute Gasteiger partial charge is 0.487 e. The van der Waals surface area contributed by atoms with Crippen molar-refractivity contribution in [2.45, 2.75) is 39.7 Å². The van der Waals surface area contributed by atoms with Gasteiger partial charge in [0.05, 0.1) is 5.60 Å². The van der Waals surface area contributed by atoms with Crippen LogP contribution in [0.15, 0.2) is 18.2 Å². The van der Waals surface area contributed by atoms with E-state index >= 15 is 0 Å². The summed E-state index contributed by atoms with van der Waals surface area (Å²) in [6, 6.07) is 4.30. The number of hydrogen-bond acceptors (Lipinski definition) is 3. The third kappa shape index (κ3) is 6.40. The number of alkyl halides is 2. The Labute approximate surface area is 135 Å². The molecule has 0 spiro atoms. The molecule has 2 amide bonds. The molecule has 1 atom stereocenters. The third-order valence-corrected chi connectivity index (χ3v) is 3.66. The zero-order chi connectivity index (χ0) is 17.6. The van der Waals surface area contributed by atoms with Gasteiger partial charge < -0.3 is 20.5 Å². The predicted molar refractivity (Wildman–Crippen MR) is 85.2 cm³/mol. The Kier molecular flexibility index (Phi) is 6.75. The van der Waals surface area contributed by atoms with Crippen LogP contribution >= 0.6 is 0 Å². The Morgan fingerprint density at radius 3 is 2.61 bits per heavy atom. The molecule has 5 nitrogen and oxygen atoms in total. The maximum Gasteiger partial charge on any atom is 0.319 e. The summed E-state index contributed by atoms with van der Waals surface area (Å²) in [5, 5.41) is 15.2. The van der Waals surface area contributed by atoms with Gasteiger partial charge in [-0.05, 0) is 31.4 Å². The van der Waals surface area contributed by atoms with Gasteiger partial charge in [0, 0.05) is 18.3 Å². The molecular weight excluding hydrogens is 306 g/mol. The Hall–Kier alpha value is -1.89. The van der Waals surface area contributed by atoms with Crippen molar-refractivity contribution >= 4 is 11.7 Å². The van der Waals surface area contributed by atoms with E-state index in [4.69, 9.17) is 4.74 Å². The molecule has 0 saturated heterocycles. The smallest absolute Gasteiger partial charge is 0.319 e. The number of aryl methyl sites for hydroxylation is 1. The minimum Gasteiger partial charge on any atom is -0.487 e. The molecule has 3 N–H and O–H groups in total. The average molecular weight is 330 g/mol. The second-order valence-electron chi connectivity index (χ2n) is 6.00. The number of carbonyl (C=O) groups excluding carboxylic acids is 1. The minimum atomic E-state index is -2.56. The maximum absolute atomic E-state index is 12.2. The summed E-state index contributed by atoms with van der Waals surface area (Å²) in [6.07, 6.45) is -2.56. The summed E-state index contributed by atoms with van der Waals surface area (Å²) in [6.45, 7) is 6.47. The molecule has 0 radical (unpaired) electrons. The van der Waals surface area contributed by atoms with Gasteiger partial charge in [-0.25, -0.2) is 13.6 Å². The quantitative estimate of drug-likeness (QED) is 0.719. The summed E-state index contributed by atoms with van der Waals surface area (Å²) in [4.78, 5) is 11.8. The molecular formula is C16H24F2N2O3. The fourth-order valence-electron chi connectivity index (χ4n) is 1.62. The van der Waals surface area contributed by atoms with Crippen LogP contribution < -0.4 is 15.4 Å². The summed E-state index contributed by atoms with van der Waals surface area (Å²) in [5.41, 5.74) is 0.0942. The van der Waals surface area contributed by atoms with Gasteiger partial charge in [0.1, 0.15) is 12.4 Å². The average Bonchev–Trinajstić information content (AvgIpc) is 2.45. The van der Waals surface area contributed by atoms with Gasteiger partial charge in [-0.2, -0.15) is 0 Å². The van der Waals surface area contributed by atoms with Gasteiger partial charge >= 0.3 is 6.03 Å². The van der Waals surface area contributed by atoms with Crippen LogP contribution in [0.4, 0.5) is 19.3 Å². The van der Waals surface area contributed by atoms with Crippen molar-refractivity contribution in [3.05, 3.63) is 23.8 Å². The number of anilines is 1. The SMILES string of the molecule is Cc1ccc(NC(=O)NCC(C)(O)C(C)C)cc1OCC(F)F. The van der Waals surface area contributed by atoms with Crippen molar-refractivity contribution < 1.29 is 23.4 Å². The van der Waals surface area contributed by atoms with E-state index in [9.17, 15) is 18.7 Å². The Balaban J connectivity index is 2.63. The summed E-state index contributed by atoms with van der Waals surface area (Å²) in [5.74, 6) is 0.272. The van der Waals surface area contributed by atoms with Gasteiger partial charge in [0.2, 0.25) is 0 Å². The fraction of sp³-hybridized carbons (Fsp3) is 0.562. The molecule has 0 fully saturated rings. The van der Waals surface area contributed by atoms with E-state index < -0.39 is 24.7 Å². The number of carbonyl (C=O) groups is 1. The number of ether oxygens (including phenoxy) is 1. The topological polar surface area (TPSA) is 70.6 Å². The van der Waals surface area contributed by atoms with Gasteiger partial charge in [-0.1, -0.05) is 19.9 Å². The number of amides is 2. The van der Waals surface area contributed by atoms with Crippen LogP contribution in [0.5, 0.6) is 5.75 Å². The summed E-state index contributed by atoms with van der Waals surface area (Å²) < 4.78 is 29.4. The van der Waals surface area contributed by atoms with Crippen LogP contribution in [0, 0.1) is 12.8 Å². The molecule has 0 aromatic heterocycles. The molecule has 7 heteroatoms. The van der Waals surface area contributed by atoms with Crippen molar-refractivity contribution in [1.29, 1.82) is 0 Å². The van der Waals surface area contributed by atoms with Crippen molar-refractivity contribution in [3.8, 4) is 5.75 Å². The molecule has 1 aromatic carbocycles. The first kappa shape index (κ1) is 19.2. The molecule has 130 valence electrons. The minimum absolute atomic E-state index is 0.0171. The van der Waals surface area contributed by atoms with Crippen molar-refractivity contribution in [3.63, 3.8) is 0 Å². The number of rotatable bonds is 7. The molecule has 0 bridgehead atoms. The van der Waals surface area contributed by atoms with Gasteiger partial charge in [-0.3, -0.25) is 0 Å². The van der Waals surface area contributed by atoms with E-state index in [1.807, 2.05) is 13.8 Å². The lowest BCUT2D eigenvalue weighted by atomic mass is 9.93. The Morgan fingerprint density at radius 2 is 2.04 bits per heavy atom. The van der Waals surface area contributed by atoms with Crippen molar-refractivity contribution in [2.24, 2.45) is 5.92 Å². The molecule has 0 saturated carbocycles. The number of urea groups is 1. The Morgan fingerprint density at radius 1 is 1.39 bits per heavy atom. The van der Waals surface area contributed by atoms with Crippen LogP contribution in [-0.2, 0) is 0 Å². The van der Waals surface area contributed by atoms with E-state index in [2.05, 4.69) is 10.6 Å². The third-order valence-electron chi connectivity index (χ3n) is 3.66. The number of hydrogen-bond donors (Lipinski definition) is 3. The maximum atomic E-state index is 12.2. The predicted octanol–water partition coefficient (Wildman–Crippen LogP) is 3.17. The van der Waals surface area contributed by atoms with Crippen LogP contribution in [0.25, 0.3) is 0 Å². The first-order valence-electron chi connectivity index (χ1n) is 7.40. The lowest BCUT2D eigenvalue weighted by molar-refractivity contribution is 0.0170. The molecule has 0 aliphatic carbocycles. The highest BCUT2D eigenvalue weighted by Gasteiger charge is 2.25. The molecule has 1 aromatic rings. The second kappa shape index (κ2) is 8.10. The number of halogens is 2. The monoisotopic (exact) mass is 330 g/mol. The molecule has 0 aliphatic rings. The molecule has 1 rings (SSSR count). The highest BCUT2D eigenvalue weighted by molar-refractivity contribution is 5.89. The number of aliphatic hydroxyl groups is 1. The highest BCUT2D eigenvalue weighted by Crippen LogP contribution is 2.23. The lowest BCUT2D eigenvalue weighted by Gasteiger charge is -2.27. The number of nitrogens with one attached hydrogen (secondary N) is 2. The Bertz CT molecular complexity index is 534. The zero-order valence-corrected chi connectivity index (χ0v) is 13.8. The van der Waals surface area contributed by atoms with E-state index in [0.29, 0.717) is 11.3 Å². The first-order valence-corrected chi connectivity index (χ1v) is 7.40. The molecule has 1 unspecified atom stereocenters. The van der Waals surface area contributed by atoms with Gasteiger partial charge in [-0.15, -0.1) is 0 Å². The zero-order valence-electron chi connectivity index (χ0n) is 13.8. The van der Waals surface area contributed by atoms with Gasteiger partial charge in [0.15, 0.2) is 0 Å². The standard InChI is InChI=1S/C16H24F2N2O3/c1-10(2)16(4,22)9-19-15(21)20-12-6-5-11(3)13(7-12)23-8-14(17)18/h5-7,10,14,22H,8-9H2,1-4H3,(H2,19,20,21). The molecule has 0 heterocycles. The van der Waals surface area contributed by atoms with Gasteiger partial charge in [0.25, 0.3) is 6.43 Å². The van der Waals surface area contributed by atoms with Crippen LogP contribution in [-0.4, -0.2) is 36.3 Å². The first-order chi connectivity index (χ1) is 10.6. The van der Waals surface area contributed by atoms with Crippen LogP contribution in [0.3, 0.4) is 0 Å². The van der Waals surface area contributed by atoms with E-state index in [1.54, 1.807) is 26.0 Å². The normalized spacial score (nSPS) is 13.8. The lowest BCUT2D eigenvalue weighted by Crippen LogP contribution is -2.45. The van der Waals surface area contributed by atoms with Crippen LogP contribution in [0.1, 0.15) is 26.3 Å². The molecule has 0 aliphatic heterocycles. The molecule has 23 heavy (non-hydrogen) atoms. The van der Waals surface area contributed by atoms with Crippen molar-refractivity contribution in [1.82, 2.24) is 5.32 Å².